The van der Waals surface area contributed by atoms with Crippen LogP contribution in [0.15, 0.2) is 70.7 Å². The second-order valence-corrected chi connectivity index (χ2v) is 6.43. The molecular weight excluding hydrogens is 356 g/mol. The molecule has 1 unspecified atom stereocenters. The summed E-state index contributed by atoms with van der Waals surface area (Å²) >= 11 is 0. The summed E-state index contributed by atoms with van der Waals surface area (Å²) < 4.78 is 10.7. The van der Waals surface area contributed by atoms with Gasteiger partial charge in [0, 0.05) is 7.11 Å². The fourth-order valence-electron chi connectivity index (χ4n) is 3.00. The summed E-state index contributed by atoms with van der Waals surface area (Å²) in [6.45, 7) is 3.90. The van der Waals surface area contributed by atoms with E-state index in [0.29, 0.717) is 42.1 Å². The highest BCUT2D eigenvalue weighted by atomic mass is 16.5. The van der Waals surface area contributed by atoms with Gasteiger partial charge in [-0.2, -0.15) is 0 Å². The molecule has 2 aromatic rings. The molecular formula is C23H28O5. The molecule has 0 spiro atoms. The monoisotopic (exact) mass is 384 g/mol. The molecule has 1 aromatic heterocycles. The highest BCUT2D eigenvalue weighted by Crippen LogP contribution is 2.27. The second kappa shape index (κ2) is 11.4. The van der Waals surface area contributed by atoms with E-state index in [1.165, 1.54) is 0 Å². The molecule has 2 rings (SSSR count). The summed E-state index contributed by atoms with van der Waals surface area (Å²) in [5.74, 6) is 1.15. The van der Waals surface area contributed by atoms with Crippen molar-refractivity contribution in [2.24, 2.45) is 0 Å². The van der Waals surface area contributed by atoms with Crippen LogP contribution in [0, 0.1) is 0 Å². The average molecular weight is 384 g/mol. The fourth-order valence-corrected chi connectivity index (χ4v) is 3.00. The van der Waals surface area contributed by atoms with Crippen molar-refractivity contribution in [2.75, 3.05) is 20.3 Å². The van der Waals surface area contributed by atoms with Crippen molar-refractivity contribution in [3.8, 4) is 0 Å². The fraction of sp³-hybridized carbons (Fsp3) is 0.304. The minimum Gasteiger partial charge on any atom is -0.459 e. The van der Waals surface area contributed by atoms with Gasteiger partial charge in [-0.05, 0) is 53.3 Å². The van der Waals surface area contributed by atoms with Crippen molar-refractivity contribution in [1.29, 1.82) is 0 Å². The zero-order chi connectivity index (χ0) is 20.4. The molecule has 0 radical (unpaired) electrons. The molecule has 0 aliphatic heterocycles. The lowest BCUT2D eigenvalue weighted by Gasteiger charge is -2.18. The van der Waals surface area contributed by atoms with Crippen molar-refractivity contribution in [1.82, 2.24) is 0 Å². The van der Waals surface area contributed by atoms with Crippen LogP contribution in [0.25, 0.3) is 11.6 Å². The molecule has 0 saturated heterocycles. The van der Waals surface area contributed by atoms with Crippen LogP contribution in [0.2, 0.25) is 0 Å². The third-order valence-corrected chi connectivity index (χ3v) is 4.38. The van der Waals surface area contributed by atoms with Crippen LogP contribution in [-0.4, -0.2) is 41.7 Å². The van der Waals surface area contributed by atoms with E-state index in [9.17, 15) is 15.3 Å². The van der Waals surface area contributed by atoms with Crippen LogP contribution in [0.4, 0.5) is 0 Å². The van der Waals surface area contributed by atoms with Crippen molar-refractivity contribution in [3.63, 3.8) is 0 Å². The van der Waals surface area contributed by atoms with Gasteiger partial charge in [0.05, 0.1) is 19.3 Å². The zero-order valence-electron chi connectivity index (χ0n) is 16.2. The maximum atomic E-state index is 10.7. The van der Waals surface area contributed by atoms with Gasteiger partial charge in [-0.3, -0.25) is 0 Å². The highest BCUT2D eigenvalue weighted by molar-refractivity contribution is 5.80. The number of methoxy groups -OCH3 is 1. The van der Waals surface area contributed by atoms with E-state index >= 15 is 0 Å². The van der Waals surface area contributed by atoms with Gasteiger partial charge in [0.2, 0.25) is 0 Å². The van der Waals surface area contributed by atoms with E-state index in [1.54, 1.807) is 19.3 Å². The number of hydrogen-bond acceptors (Lipinski definition) is 5. The molecule has 0 aliphatic rings. The molecule has 0 saturated carbocycles. The predicted molar refractivity (Wildman–Crippen MR) is 110 cm³/mol. The molecule has 1 heterocycles. The number of rotatable bonds is 11. The summed E-state index contributed by atoms with van der Waals surface area (Å²) in [7, 11) is 1.56. The largest absolute Gasteiger partial charge is 0.459 e. The maximum Gasteiger partial charge on any atom is 0.130 e. The highest BCUT2D eigenvalue weighted by Gasteiger charge is 2.15. The standard InChI is InChI=1S/C23H28O5/c1-17(16-27-2)22(12-13-24)23(26)11-8-19(18-6-4-3-5-7-18)14-20-9-10-21(15-25)28-20/h3-7,9-10,12,14,23-26H,1,8,11,13,15-16H2,2H3/b19-14-,22-12-. The Morgan fingerprint density at radius 1 is 1.18 bits per heavy atom. The molecule has 0 amide bonds. The molecule has 28 heavy (non-hydrogen) atoms. The molecule has 5 heteroatoms. The number of aliphatic hydroxyl groups excluding tert-OH is 3. The third kappa shape index (κ3) is 6.32. The van der Waals surface area contributed by atoms with Crippen molar-refractivity contribution < 1.29 is 24.5 Å². The van der Waals surface area contributed by atoms with Gasteiger partial charge < -0.3 is 24.5 Å². The first kappa shape index (κ1) is 21.9. The van der Waals surface area contributed by atoms with E-state index in [4.69, 9.17) is 9.15 Å². The van der Waals surface area contributed by atoms with Crippen LogP contribution in [0.3, 0.4) is 0 Å². The van der Waals surface area contributed by atoms with Crippen LogP contribution in [0.1, 0.15) is 29.9 Å². The maximum absolute atomic E-state index is 10.7. The van der Waals surface area contributed by atoms with Crippen LogP contribution < -0.4 is 0 Å². The van der Waals surface area contributed by atoms with Gasteiger partial charge in [-0.25, -0.2) is 0 Å². The predicted octanol–water partition coefficient (Wildman–Crippen LogP) is 3.57. The first-order chi connectivity index (χ1) is 13.6. The van der Waals surface area contributed by atoms with Gasteiger partial charge in [0.1, 0.15) is 18.1 Å². The first-order valence-corrected chi connectivity index (χ1v) is 9.20. The van der Waals surface area contributed by atoms with Crippen molar-refractivity contribution in [3.05, 3.63) is 83.3 Å². The molecule has 5 nitrogen and oxygen atoms in total. The van der Waals surface area contributed by atoms with Crippen molar-refractivity contribution in [2.45, 2.75) is 25.6 Å². The number of benzene rings is 1. The molecule has 0 bridgehead atoms. The number of ether oxygens (including phenoxy) is 1. The van der Waals surface area contributed by atoms with E-state index < -0.39 is 6.10 Å². The Balaban J connectivity index is 2.20. The Labute approximate surface area is 165 Å². The molecule has 0 aliphatic carbocycles. The third-order valence-electron chi connectivity index (χ3n) is 4.38. The second-order valence-electron chi connectivity index (χ2n) is 6.43. The Morgan fingerprint density at radius 2 is 1.93 bits per heavy atom. The lowest BCUT2D eigenvalue weighted by Crippen LogP contribution is -2.15. The van der Waals surface area contributed by atoms with Gasteiger partial charge >= 0.3 is 0 Å². The van der Waals surface area contributed by atoms with E-state index in [0.717, 1.165) is 11.1 Å². The van der Waals surface area contributed by atoms with Crippen LogP contribution >= 0.6 is 0 Å². The van der Waals surface area contributed by atoms with Gasteiger partial charge in [0.15, 0.2) is 0 Å². The number of furan rings is 1. The smallest absolute Gasteiger partial charge is 0.130 e. The molecule has 3 N–H and O–H groups in total. The Kier molecular flexibility index (Phi) is 8.91. The topological polar surface area (TPSA) is 83.1 Å². The number of allylic oxidation sites excluding steroid dienone is 1. The van der Waals surface area contributed by atoms with Gasteiger partial charge in [0.25, 0.3) is 0 Å². The minimum atomic E-state index is -0.772. The molecule has 0 fully saturated rings. The average Bonchev–Trinajstić information content (AvgIpc) is 3.17. The van der Waals surface area contributed by atoms with E-state index in [2.05, 4.69) is 6.58 Å². The van der Waals surface area contributed by atoms with Crippen LogP contribution in [0.5, 0.6) is 0 Å². The SMILES string of the molecule is C=C(COC)/C(=C/CO)C(O)CC/C(=C/c1ccc(CO)o1)c1ccccc1. The van der Waals surface area contributed by atoms with Crippen molar-refractivity contribution >= 4 is 11.6 Å². The number of aliphatic hydroxyl groups is 3. The molecule has 150 valence electrons. The summed E-state index contributed by atoms with van der Waals surface area (Å²) in [5, 5.41) is 29.1. The Bertz CT molecular complexity index is 801. The lowest BCUT2D eigenvalue weighted by atomic mass is 9.93. The van der Waals surface area contributed by atoms with Gasteiger partial charge in [-0.1, -0.05) is 43.0 Å². The summed E-state index contributed by atoms with van der Waals surface area (Å²) in [6.07, 6.45) is 3.75. The van der Waals surface area contributed by atoms with E-state index in [-0.39, 0.29) is 13.2 Å². The minimum absolute atomic E-state index is 0.149. The first-order valence-electron chi connectivity index (χ1n) is 9.20. The normalized spacial score (nSPS) is 13.6. The Hall–Kier alpha value is -2.44. The lowest BCUT2D eigenvalue weighted by molar-refractivity contribution is 0.191. The van der Waals surface area contributed by atoms with Gasteiger partial charge in [-0.15, -0.1) is 0 Å². The zero-order valence-corrected chi connectivity index (χ0v) is 16.2. The summed E-state index contributed by atoms with van der Waals surface area (Å²) in [5.41, 5.74) is 3.27. The number of hydrogen-bond donors (Lipinski definition) is 3. The summed E-state index contributed by atoms with van der Waals surface area (Å²) in [4.78, 5) is 0. The molecule has 1 aromatic carbocycles. The Morgan fingerprint density at radius 3 is 2.54 bits per heavy atom. The van der Waals surface area contributed by atoms with Crippen LogP contribution in [-0.2, 0) is 11.3 Å². The quantitative estimate of drug-likeness (QED) is 0.516. The summed E-state index contributed by atoms with van der Waals surface area (Å²) in [6, 6.07) is 13.4. The van der Waals surface area contributed by atoms with E-state index in [1.807, 2.05) is 42.5 Å². The molecule has 1 atom stereocenters.